The summed E-state index contributed by atoms with van der Waals surface area (Å²) in [6.07, 6.45) is 1.28. The smallest absolute Gasteiger partial charge is 0.244 e. The van der Waals surface area contributed by atoms with Crippen LogP contribution in [0.2, 0.25) is 0 Å². The van der Waals surface area contributed by atoms with Gasteiger partial charge >= 0.3 is 0 Å². The third-order valence-electron chi connectivity index (χ3n) is 4.96. The minimum atomic E-state index is -3.80. The van der Waals surface area contributed by atoms with E-state index in [0.717, 1.165) is 21.7 Å². The molecule has 0 aliphatic rings. The number of hydrogen-bond acceptors (Lipinski definition) is 3. The van der Waals surface area contributed by atoms with Gasteiger partial charge in [-0.2, -0.15) is 0 Å². The molecule has 5 nitrogen and oxygen atoms in total. The van der Waals surface area contributed by atoms with Crippen molar-refractivity contribution in [3.05, 3.63) is 102 Å². The van der Waals surface area contributed by atoms with E-state index >= 15 is 0 Å². The lowest BCUT2D eigenvalue weighted by Gasteiger charge is -2.31. The summed E-state index contributed by atoms with van der Waals surface area (Å²) in [5.41, 5.74) is 2.00. The first-order valence-electron chi connectivity index (χ1n) is 9.96. The Hall–Kier alpha value is -3.19. The number of anilines is 1. The molecule has 0 radical (unpaired) electrons. The van der Waals surface area contributed by atoms with Crippen LogP contribution < -0.4 is 9.62 Å². The van der Waals surface area contributed by atoms with E-state index in [4.69, 9.17) is 0 Å². The van der Waals surface area contributed by atoms with Gasteiger partial charge in [-0.15, -0.1) is 0 Å². The van der Waals surface area contributed by atoms with Crippen LogP contribution in [0.3, 0.4) is 0 Å². The molecular formula is C24H25FN2O3S. The Kier molecular flexibility index (Phi) is 7.07. The van der Waals surface area contributed by atoms with E-state index in [1.54, 1.807) is 6.92 Å². The second-order valence-corrected chi connectivity index (χ2v) is 9.08. The highest BCUT2D eigenvalue weighted by Gasteiger charge is 2.33. The molecule has 31 heavy (non-hydrogen) atoms. The van der Waals surface area contributed by atoms with Crippen molar-refractivity contribution in [2.24, 2.45) is 0 Å². The number of nitrogens with one attached hydrogen (secondary N) is 1. The third-order valence-corrected chi connectivity index (χ3v) is 6.14. The highest BCUT2D eigenvalue weighted by Crippen LogP contribution is 2.26. The molecule has 1 amide bonds. The maximum absolute atomic E-state index is 13.4. The van der Waals surface area contributed by atoms with Gasteiger partial charge in [0.25, 0.3) is 0 Å². The van der Waals surface area contributed by atoms with E-state index in [0.29, 0.717) is 0 Å². The number of amides is 1. The molecule has 0 aliphatic carbocycles. The fourth-order valence-corrected chi connectivity index (χ4v) is 4.75. The molecule has 3 rings (SSSR count). The predicted molar refractivity (Wildman–Crippen MR) is 121 cm³/mol. The van der Waals surface area contributed by atoms with Gasteiger partial charge in [-0.3, -0.25) is 9.10 Å². The van der Waals surface area contributed by atoms with Gasteiger partial charge in [0.05, 0.1) is 18.0 Å². The average molecular weight is 441 g/mol. The molecule has 0 aliphatic heterocycles. The number of rotatable bonds is 8. The van der Waals surface area contributed by atoms with Crippen molar-refractivity contribution in [3.8, 4) is 0 Å². The number of nitrogens with zero attached hydrogens (tertiary/aromatic N) is 1. The first kappa shape index (κ1) is 22.5. The van der Waals surface area contributed by atoms with Crippen molar-refractivity contribution in [1.82, 2.24) is 5.32 Å². The molecule has 0 fully saturated rings. The Labute approximate surface area is 182 Å². The normalized spacial score (nSPS) is 12.4. The Morgan fingerprint density at radius 2 is 1.39 bits per heavy atom. The van der Waals surface area contributed by atoms with Gasteiger partial charge < -0.3 is 5.32 Å². The largest absolute Gasteiger partial charge is 0.343 e. The molecule has 3 aromatic carbocycles. The molecule has 162 valence electrons. The van der Waals surface area contributed by atoms with Crippen molar-refractivity contribution < 1.29 is 17.6 Å². The maximum Gasteiger partial charge on any atom is 0.244 e. The average Bonchev–Trinajstić information content (AvgIpc) is 2.77. The molecule has 0 bridgehead atoms. The zero-order chi connectivity index (χ0) is 22.4. The molecule has 0 spiro atoms. The number of sulfonamides is 1. The highest BCUT2D eigenvalue weighted by atomic mass is 32.2. The summed E-state index contributed by atoms with van der Waals surface area (Å²) in [7, 11) is -3.80. The first-order valence-corrected chi connectivity index (χ1v) is 11.8. The van der Waals surface area contributed by atoms with Crippen molar-refractivity contribution in [2.75, 3.05) is 10.6 Å². The lowest BCUT2D eigenvalue weighted by Crippen LogP contribution is -2.50. The van der Waals surface area contributed by atoms with Crippen molar-refractivity contribution in [3.63, 3.8) is 0 Å². The van der Waals surface area contributed by atoms with Gasteiger partial charge in [-0.05, 0) is 41.8 Å². The standard InChI is InChI=1S/C24H25FN2O3S/c1-3-22(27(31(2,29)30)21-16-14-20(25)15-17-21)24(28)26-23(18-10-6-4-7-11-18)19-12-8-5-9-13-19/h4-17,22-23H,3H2,1-2H3,(H,26,28)/t22-/m0/s1. The van der Waals surface area contributed by atoms with Gasteiger partial charge in [-0.25, -0.2) is 12.8 Å². The minimum absolute atomic E-state index is 0.238. The van der Waals surface area contributed by atoms with Crippen LogP contribution in [-0.2, 0) is 14.8 Å². The SMILES string of the molecule is CC[C@@H](C(=O)NC(c1ccccc1)c1ccccc1)N(c1ccc(F)cc1)S(C)(=O)=O. The van der Waals surface area contributed by atoms with Gasteiger partial charge in [0.2, 0.25) is 15.9 Å². The lowest BCUT2D eigenvalue weighted by atomic mass is 9.98. The van der Waals surface area contributed by atoms with E-state index in [9.17, 15) is 17.6 Å². The minimum Gasteiger partial charge on any atom is -0.343 e. The summed E-state index contributed by atoms with van der Waals surface area (Å²) in [4.78, 5) is 13.4. The van der Waals surface area contributed by atoms with E-state index in [2.05, 4.69) is 5.32 Å². The van der Waals surface area contributed by atoms with Crippen molar-refractivity contribution >= 4 is 21.6 Å². The van der Waals surface area contributed by atoms with Crippen LogP contribution in [0.15, 0.2) is 84.9 Å². The molecule has 0 aromatic heterocycles. The number of hydrogen-bond donors (Lipinski definition) is 1. The van der Waals surface area contributed by atoms with Crippen LogP contribution >= 0.6 is 0 Å². The Morgan fingerprint density at radius 3 is 1.81 bits per heavy atom. The molecular weight excluding hydrogens is 415 g/mol. The van der Waals surface area contributed by atoms with Gasteiger partial charge in [-0.1, -0.05) is 67.6 Å². The summed E-state index contributed by atoms with van der Waals surface area (Å²) >= 11 is 0. The molecule has 0 saturated heterocycles. The molecule has 1 N–H and O–H groups in total. The summed E-state index contributed by atoms with van der Waals surface area (Å²) in [5.74, 6) is -0.919. The second-order valence-electron chi connectivity index (χ2n) is 7.22. The molecule has 3 aromatic rings. The molecule has 0 unspecified atom stereocenters. The fourth-order valence-electron chi connectivity index (χ4n) is 3.54. The number of carbonyl (C=O) groups is 1. The Balaban J connectivity index is 1.97. The number of halogens is 1. The summed E-state index contributed by atoms with van der Waals surface area (Å²) < 4.78 is 39.6. The van der Waals surface area contributed by atoms with E-state index in [-0.39, 0.29) is 12.1 Å². The van der Waals surface area contributed by atoms with Crippen LogP contribution in [0.1, 0.15) is 30.5 Å². The Morgan fingerprint density at radius 1 is 0.903 bits per heavy atom. The predicted octanol–water partition coefficient (Wildman–Crippen LogP) is 4.28. The highest BCUT2D eigenvalue weighted by molar-refractivity contribution is 7.92. The summed E-state index contributed by atoms with van der Waals surface area (Å²) in [6, 6.07) is 22.6. The topological polar surface area (TPSA) is 66.5 Å². The van der Waals surface area contributed by atoms with Crippen LogP contribution in [0.5, 0.6) is 0 Å². The molecule has 0 saturated carbocycles. The maximum atomic E-state index is 13.4. The lowest BCUT2D eigenvalue weighted by molar-refractivity contribution is -0.122. The Bertz CT molecular complexity index is 1070. The zero-order valence-corrected chi connectivity index (χ0v) is 18.2. The quantitative estimate of drug-likeness (QED) is 0.569. The van der Waals surface area contributed by atoms with E-state index < -0.39 is 33.8 Å². The van der Waals surface area contributed by atoms with Crippen LogP contribution in [0.4, 0.5) is 10.1 Å². The number of benzene rings is 3. The first-order chi connectivity index (χ1) is 14.8. The van der Waals surface area contributed by atoms with Gasteiger partial charge in [0.1, 0.15) is 11.9 Å². The van der Waals surface area contributed by atoms with Gasteiger partial charge in [0.15, 0.2) is 0 Å². The van der Waals surface area contributed by atoms with Crippen LogP contribution in [0, 0.1) is 5.82 Å². The second kappa shape index (κ2) is 9.75. The van der Waals surface area contributed by atoms with Gasteiger partial charge in [0, 0.05) is 0 Å². The summed E-state index contributed by atoms with van der Waals surface area (Å²) in [6.45, 7) is 1.74. The van der Waals surface area contributed by atoms with E-state index in [1.807, 2.05) is 60.7 Å². The molecule has 1 atom stereocenters. The van der Waals surface area contributed by atoms with Crippen LogP contribution in [-0.4, -0.2) is 26.6 Å². The molecule has 7 heteroatoms. The fraction of sp³-hybridized carbons (Fsp3) is 0.208. The monoisotopic (exact) mass is 440 g/mol. The third kappa shape index (κ3) is 5.49. The summed E-state index contributed by atoms with van der Waals surface area (Å²) in [5, 5.41) is 3.02. The molecule has 0 heterocycles. The van der Waals surface area contributed by atoms with Crippen molar-refractivity contribution in [2.45, 2.75) is 25.4 Å². The van der Waals surface area contributed by atoms with E-state index in [1.165, 1.54) is 24.3 Å². The van der Waals surface area contributed by atoms with Crippen molar-refractivity contribution in [1.29, 1.82) is 0 Å². The number of carbonyl (C=O) groups excluding carboxylic acids is 1. The zero-order valence-electron chi connectivity index (χ0n) is 17.4. The van der Waals surface area contributed by atoms with Crippen LogP contribution in [0.25, 0.3) is 0 Å².